The van der Waals surface area contributed by atoms with Crippen LogP contribution in [0.2, 0.25) is 0 Å². The average Bonchev–Trinajstić information content (AvgIpc) is 2.88. The number of aromatic nitrogens is 2. The third-order valence-corrected chi connectivity index (χ3v) is 4.85. The number of ether oxygens (including phenoxy) is 1. The number of hydrogen-bond acceptors (Lipinski definition) is 8. The van der Waals surface area contributed by atoms with E-state index in [1.807, 2.05) is 45.0 Å². The van der Waals surface area contributed by atoms with Gasteiger partial charge in [-0.05, 0) is 36.2 Å². The largest absolute Gasteiger partial charge is 0.467 e. The lowest BCUT2D eigenvalue weighted by molar-refractivity contribution is -0.137. The first-order valence-electron chi connectivity index (χ1n) is 11.4. The summed E-state index contributed by atoms with van der Waals surface area (Å²) in [7, 11) is 1.50. The Morgan fingerprint density at radius 2 is 1.82 bits per heavy atom. The van der Waals surface area contributed by atoms with Gasteiger partial charge in [-0.3, -0.25) is 5.32 Å². The Bertz CT molecular complexity index is 1250. The predicted molar refractivity (Wildman–Crippen MR) is 138 cm³/mol. The summed E-state index contributed by atoms with van der Waals surface area (Å²) in [6, 6.07) is 9.71. The van der Waals surface area contributed by atoms with Crippen molar-refractivity contribution in [2.45, 2.75) is 33.5 Å². The number of nitrogen functional groups attached to an aromatic ring is 1. The summed E-state index contributed by atoms with van der Waals surface area (Å²) >= 11 is 0. The molecule has 0 spiro atoms. The van der Waals surface area contributed by atoms with Gasteiger partial charge in [-0.2, -0.15) is 24.1 Å². The first-order chi connectivity index (χ1) is 18.1. The van der Waals surface area contributed by atoms with Crippen molar-refractivity contribution in [3.63, 3.8) is 0 Å². The fourth-order valence-corrected chi connectivity index (χ4v) is 3.15. The maximum Gasteiger partial charge on any atom is 0.416 e. The molecule has 204 valence electrons. The minimum atomic E-state index is -4.61. The van der Waals surface area contributed by atoms with Crippen molar-refractivity contribution < 1.29 is 27.5 Å². The lowest BCUT2D eigenvalue weighted by atomic mass is 10.0. The highest BCUT2D eigenvalue weighted by molar-refractivity contribution is 5.90. The SMILES string of the molecule is CC.COc1ncc(-c2ccc(CN/C=C(/NC(=O)Nc3cc(N)cc(C(F)(F)F)c3)ON)cc2)c(C)n1. The highest BCUT2D eigenvalue weighted by Crippen LogP contribution is 2.32. The Kier molecular flexibility index (Phi) is 10.7. The minimum Gasteiger partial charge on any atom is -0.467 e. The van der Waals surface area contributed by atoms with Gasteiger partial charge in [-0.15, -0.1) is 0 Å². The van der Waals surface area contributed by atoms with Crippen molar-refractivity contribution in [3.05, 3.63) is 77.6 Å². The number of hydrogen-bond donors (Lipinski definition) is 5. The summed E-state index contributed by atoms with van der Waals surface area (Å²) < 4.78 is 43.8. The minimum absolute atomic E-state index is 0.151. The van der Waals surface area contributed by atoms with Crippen molar-refractivity contribution in [1.82, 2.24) is 20.6 Å². The molecule has 0 aliphatic heterocycles. The van der Waals surface area contributed by atoms with Gasteiger partial charge in [-0.25, -0.2) is 9.78 Å². The molecule has 0 bridgehead atoms. The van der Waals surface area contributed by atoms with Crippen LogP contribution in [0.15, 0.2) is 60.7 Å². The average molecular weight is 534 g/mol. The van der Waals surface area contributed by atoms with E-state index in [0.29, 0.717) is 12.6 Å². The van der Waals surface area contributed by atoms with Gasteiger partial charge < -0.3 is 25.9 Å². The highest BCUT2D eigenvalue weighted by atomic mass is 19.4. The smallest absolute Gasteiger partial charge is 0.416 e. The van der Waals surface area contributed by atoms with E-state index in [-0.39, 0.29) is 17.3 Å². The molecule has 0 aliphatic rings. The lowest BCUT2D eigenvalue weighted by Gasteiger charge is -2.13. The van der Waals surface area contributed by atoms with E-state index in [0.717, 1.165) is 34.5 Å². The number of carbonyl (C=O) groups is 1. The molecule has 13 heteroatoms. The van der Waals surface area contributed by atoms with Crippen molar-refractivity contribution in [2.75, 3.05) is 18.2 Å². The number of urea groups is 1. The quantitative estimate of drug-likeness (QED) is 0.159. The van der Waals surface area contributed by atoms with Crippen LogP contribution in [0.25, 0.3) is 11.1 Å². The molecule has 3 rings (SSSR count). The number of methoxy groups -OCH3 is 1. The molecule has 0 saturated carbocycles. The van der Waals surface area contributed by atoms with Crippen LogP contribution in [0.5, 0.6) is 6.01 Å². The molecule has 0 fully saturated rings. The number of aryl methyl sites for hydroxylation is 1. The second kappa shape index (κ2) is 13.7. The lowest BCUT2D eigenvalue weighted by Crippen LogP contribution is -2.31. The monoisotopic (exact) mass is 533 g/mol. The van der Waals surface area contributed by atoms with Crippen LogP contribution in [-0.2, 0) is 17.6 Å². The first-order valence-corrected chi connectivity index (χ1v) is 11.4. The van der Waals surface area contributed by atoms with Crippen LogP contribution in [0.3, 0.4) is 0 Å². The fourth-order valence-electron chi connectivity index (χ4n) is 3.15. The number of carbonyl (C=O) groups excluding carboxylic acids is 1. The summed E-state index contributed by atoms with van der Waals surface area (Å²) in [6.07, 6.45) is -1.63. The summed E-state index contributed by atoms with van der Waals surface area (Å²) in [5, 5.41) is 7.46. The molecule has 1 aromatic heterocycles. The Morgan fingerprint density at radius 3 is 2.39 bits per heavy atom. The van der Waals surface area contributed by atoms with Gasteiger partial charge in [0, 0.05) is 29.7 Å². The van der Waals surface area contributed by atoms with Gasteiger partial charge in [-0.1, -0.05) is 38.1 Å². The molecule has 10 nitrogen and oxygen atoms in total. The van der Waals surface area contributed by atoms with Crippen molar-refractivity contribution in [1.29, 1.82) is 0 Å². The van der Waals surface area contributed by atoms with Crippen LogP contribution in [0.4, 0.5) is 29.3 Å². The van der Waals surface area contributed by atoms with Crippen LogP contribution in [-0.4, -0.2) is 23.1 Å². The van der Waals surface area contributed by atoms with Gasteiger partial charge in [0.05, 0.1) is 24.6 Å². The van der Waals surface area contributed by atoms with Crippen LogP contribution in [0, 0.1) is 6.92 Å². The molecule has 38 heavy (non-hydrogen) atoms. The van der Waals surface area contributed by atoms with Gasteiger partial charge in [0.1, 0.15) is 0 Å². The molecule has 1 heterocycles. The first kappa shape index (κ1) is 29.7. The molecular formula is C25H30F3N7O3. The molecule has 3 aromatic rings. The number of rotatable bonds is 8. The van der Waals surface area contributed by atoms with E-state index in [2.05, 4.69) is 30.8 Å². The molecular weight excluding hydrogens is 503 g/mol. The highest BCUT2D eigenvalue weighted by Gasteiger charge is 2.31. The number of nitrogens with one attached hydrogen (secondary N) is 3. The number of nitrogens with zero attached hydrogens (tertiary/aromatic N) is 2. The summed E-state index contributed by atoms with van der Waals surface area (Å²) in [5.74, 6) is 5.01. The van der Waals surface area contributed by atoms with Gasteiger partial charge in [0.25, 0.3) is 0 Å². The molecule has 0 saturated heterocycles. The van der Waals surface area contributed by atoms with Crippen LogP contribution < -0.4 is 32.3 Å². The summed E-state index contributed by atoms with van der Waals surface area (Å²) in [4.78, 5) is 25.2. The number of anilines is 2. The number of benzene rings is 2. The standard InChI is InChI=1S/C23H24F3N7O3.C2H6/c1-13-19(11-30-22(31-13)35-2)15-5-3-14(4-6-15)10-29-12-20(36-28)33-21(34)32-18-8-16(23(24,25)26)7-17(27)9-18;1-2/h3-9,11-12,29H,10,27-28H2,1-2H3,(H2,32,33,34);1-2H3/b20-12-;. The van der Waals surface area contributed by atoms with E-state index in [1.54, 1.807) is 6.20 Å². The Labute approximate surface area is 218 Å². The maximum absolute atomic E-state index is 12.9. The normalized spacial score (nSPS) is 11.1. The maximum atomic E-state index is 12.9. The zero-order chi connectivity index (χ0) is 28.3. The van der Waals surface area contributed by atoms with Crippen LogP contribution >= 0.6 is 0 Å². The number of amides is 2. The molecule has 2 aromatic carbocycles. The van der Waals surface area contributed by atoms with Crippen LogP contribution in [0.1, 0.15) is 30.7 Å². The second-order valence-electron chi connectivity index (χ2n) is 7.48. The second-order valence-corrected chi connectivity index (χ2v) is 7.48. The number of nitrogens with two attached hydrogens (primary N) is 2. The zero-order valence-electron chi connectivity index (χ0n) is 21.3. The number of halogens is 3. The van der Waals surface area contributed by atoms with E-state index >= 15 is 0 Å². The predicted octanol–water partition coefficient (Wildman–Crippen LogP) is 4.69. The third-order valence-electron chi connectivity index (χ3n) is 4.85. The van der Waals surface area contributed by atoms with E-state index in [1.165, 1.54) is 19.4 Å². The Hall–Kier alpha value is -4.52. The molecule has 2 amide bonds. The Balaban J connectivity index is 0.00000247. The van der Waals surface area contributed by atoms with E-state index in [9.17, 15) is 18.0 Å². The van der Waals surface area contributed by atoms with Gasteiger partial charge >= 0.3 is 18.2 Å². The third kappa shape index (κ3) is 8.55. The Morgan fingerprint density at radius 1 is 1.13 bits per heavy atom. The number of alkyl halides is 3. The van der Waals surface area contributed by atoms with Gasteiger partial charge in [0.2, 0.25) is 5.88 Å². The molecule has 7 N–H and O–H groups in total. The zero-order valence-corrected chi connectivity index (χ0v) is 21.3. The topological polar surface area (TPSA) is 149 Å². The summed E-state index contributed by atoms with van der Waals surface area (Å²) in [6.45, 7) is 6.22. The molecule has 0 aliphatic carbocycles. The molecule has 0 atom stereocenters. The van der Waals surface area contributed by atoms with Crippen molar-refractivity contribution in [3.8, 4) is 17.1 Å². The summed E-state index contributed by atoms with van der Waals surface area (Å²) in [5.41, 5.74) is 7.66. The van der Waals surface area contributed by atoms with E-state index in [4.69, 9.17) is 16.4 Å². The fraction of sp³-hybridized carbons (Fsp3) is 0.240. The van der Waals surface area contributed by atoms with Gasteiger partial charge in [0.15, 0.2) is 0 Å². The molecule has 0 radical (unpaired) electrons. The van der Waals surface area contributed by atoms with Crippen molar-refractivity contribution >= 4 is 17.4 Å². The van der Waals surface area contributed by atoms with Crippen molar-refractivity contribution in [2.24, 2.45) is 5.90 Å². The molecule has 0 unspecified atom stereocenters. The van der Waals surface area contributed by atoms with E-state index < -0.39 is 17.8 Å².